The van der Waals surface area contributed by atoms with Gasteiger partial charge in [0.2, 0.25) is 0 Å². The van der Waals surface area contributed by atoms with Gasteiger partial charge in [-0.15, -0.1) is 0 Å². The normalized spacial score (nSPS) is 11.1. The zero-order valence-corrected chi connectivity index (χ0v) is 10.3. The summed E-state index contributed by atoms with van der Waals surface area (Å²) in [7, 11) is 0. The van der Waals surface area contributed by atoms with E-state index in [-0.39, 0.29) is 0 Å². The van der Waals surface area contributed by atoms with Gasteiger partial charge in [0, 0.05) is 12.7 Å². The summed E-state index contributed by atoms with van der Waals surface area (Å²) in [6.07, 6.45) is 2.58. The number of aryl methyl sites for hydroxylation is 1. The van der Waals surface area contributed by atoms with E-state index in [0.717, 1.165) is 18.6 Å². The van der Waals surface area contributed by atoms with Crippen LogP contribution in [0.5, 0.6) is 0 Å². The molecule has 2 aromatic heterocycles. The molecule has 4 heteroatoms. The van der Waals surface area contributed by atoms with Gasteiger partial charge in [0.15, 0.2) is 12.0 Å². The maximum Gasteiger partial charge on any atom is 0.155 e. The Kier molecular flexibility index (Phi) is 3.13. The Morgan fingerprint density at radius 2 is 2.24 bits per heavy atom. The van der Waals surface area contributed by atoms with Crippen molar-refractivity contribution in [3.8, 4) is 11.5 Å². The van der Waals surface area contributed by atoms with Gasteiger partial charge in [-0.25, -0.2) is 0 Å². The smallest absolute Gasteiger partial charge is 0.155 e. The molecule has 0 fully saturated rings. The quantitative estimate of drug-likeness (QED) is 0.761. The number of nitrogens with zero attached hydrogens (tertiary/aromatic N) is 2. The molecule has 0 spiro atoms. The third-order valence-electron chi connectivity index (χ3n) is 2.44. The molecule has 0 amide bonds. The summed E-state index contributed by atoms with van der Waals surface area (Å²) >= 11 is 0. The Labute approximate surface area is 100 Å². The van der Waals surface area contributed by atoms with Gasteiger partial charge in [-0.3, -0.25) is 9.48 Å². The molecule has 0 aliphatic carbocycles. The van der Waals surface area contributed by atoms with Crippen LogP contribution in [0.25, 0.3) is 11.5 Å². The largest absolute Gasteiger partial charge is 0.460 e. The molecule has 0 unspecified atom stereocenters. The van der Waals surface area contributed by atoms with Crippen LogP contribution < -0.4 is 0 Å². The Morgan fingerprint density at radius 1 is 1.47 bits per heavy atom. The number of carbonyl (C=O) groups is 1. The fraction of sp³-hybridized carbons (Fsp3) is 0.385. The molecule has 0 radical (unpaired) electrons. The molecule has 2 heterocycles. The third kappa shape index (κ3) is 2.46. The lowest BCUT2D eigenvalue weighted by atomic mass is 10.2. The second-order valence-electron chi connectivity index (χ2n) is 4.58. The average molecular weight is 232 g/mol. The highest BCUT2D eigenvalue weighted by atomic mass is 16.3. The van der Waals surface area contributed by atoms with E-state index in [1.165, 1.54) is 0 Å². The van der Waals surface area contributed by atoms with E-state index < -0.39 is 0 Å². The van der Waals surface area contributed by atoms with Gasteiger partial charge in [0.05, 0.1) is 5.56 Å². The Balaban J connectivity index is 2.39. The van der Waals surface area contributed by atoms with Gasteiger partial charge in [-0.2, -0.15) is 5.10 Å². The van der Waals surface area contributed by atoms with Crippen molar-refractivity contribution in [2.24, 2.45) is 5.92 Å². The van der Waals surface area contributed by atoms with E-state index in [0.29, 0.717) is 22.9 Å². The van der Waals surface area contributed by atoms with Crippen molar-refractivity contribution in [2.75, 3.05) is 0 Å². The van der Waals surface area contributed by atoms with Crippen LogP contribution in [0.2, 0.25) is 0 Å². The van der Waals surface area contributed by atoms with Crippen molar-refractivity contribution < 1.29 is 9.21 Å². The maximum atomic E-state index is 11.0. The minimum absolute atomic E-state index is 0.487. The van der Waals surface area contributed by atoms with Gasteiger partial charge in [0.25, 0.3) is 0 Å². The van der Waals surface area contributed by atoms with Crippen LogP contribution in [0.1, 0.15) is 30.0 Å². The number of carbonyl (C=O) groups excluding carboxylic acids is 1. The number of hydrogen-bond donors (Lipinski definition) is 0. The first-order valence-electron chi connectivity index (χ1n) is 5.69. The average Bonchev–Trinajstić information content (AvgIpc) is 2.83. The summed E-state index contributed by atoms with van der Waals surface area (Å²) in [5, 5.41) is 4.40. The van der Waals surface area contributed by atoms with Crippen LogP contribution in [0.15, 0.2) is 22.7 Å². The number of rotatable bonds is 4. The summed E-state index contributed by atoms with van der Waals surface area (Å²) in [6.45, 7) is 6.88. The molecule has 0 saturated heterocycles. The van der Waals surface area contributed by atoms with Crippen LogP contribution in [0, 0.1) is 12.8 Å². The van der Waals surface area contributed by atoms with Gasteiger partial charge in [0.1, 0.15) is 11.5 Å². The van der Waals surface area contributed by atoms with Gasteiger partial charge in [-0.05, 0) is 25.0 Å². The molecule has 2 aromatic rings. The third-order valence-corrected chi connectivity index (χ3v) is 2.44. The van der Waals surface area contributed by atoms with Gasteiger partial charge >= 0.3 is 0 Å². The molecule has 0 bridgehead atoms. The second-order valence-corrected chi connectivity index (χ2v) is 4.58. The first kappa shape index (κ1) is 11.6. The molecule has 0 saturated carbocycles. The molecule has 2 rings (SSSR count). The van der Waals surface area contributed by atoms with Crippen molar-refractivity contribution in [2.45, 2.75) is 27.3 Å². The molecule has 90 valence electrons. The summed E-state index contributed by atoms with van der Waals surface area (Å²) in [6, 6.07) is 3.70. The highest BCUT2D eigenvalue weighted by Crippen LogP contribution is 2.23. The zero-order valence-electron chi connectivity index (χ0n) is 10.3. The molecule has 0 atom stereocenters. The monoisotopic (exact) mass is 232 g/mol. The molecule has 0 aromatic carbocycles. The Bertz CT molecular complexity index is 523. The highest BCUT2D eigenvalue weighted by molar-refractivity contribution is 5.84. The minimum Gasteiger partial charge on any atom is -0.460 e. The Morgan fingerprint density at radius 3 is 2.76 bits per heavy atom. The van der Waals surface area contributed by atoms with Crippen LogP contribution in [0.3, 0.4) is 0 Å². The predicted molar refractivity (Wildman–Crippen MR) is 64.9 cm³/mol. The molecular weight excluding hydrogens is 216 g/mol. The van der Waals surface area contributed by atoms with Gasteiger partial charge in [-0.1, -0.05) is 13.8 Å². The van der Waals surface area contributed by atoms with Crippen LogP contribution in [-0.4, -0.2) is 16.1 Å². The number of furan rings is 1. The van der Waals surface area contributed by atoms with Crippen molar-refractivity contribution in [1.29, 1.82) is 0 Å². The molecule has 0 aliphatic rings. The zero-order chi connectivity index (χ0) is 12.4. The lowest BCUT2D eigenvalue weighted by Crippen LogP contribution is -2.04. The lowest BCUT2D eigenvalue weighted by molar-refractivity contribution is 0.112. The SMILES string of the molecule is Cc1ccc(-c2nn(CC(C)C)cc2C=O)o1. The minimum atomic E-state index is 0.487. The first-order chi connectivity index (χ1) is 8.10. The van der Waals surface area contributed by atoms with E-state index in [9.17, 15) is 4.79 Å². The van der Waals surface area contributed by atoms with Crippen molar-refractivity contribution in [1.82, 2.24) is 9.78 Å². The number of aldehydes is 1. The van der Waals surface area contributed by atoms with Crippen molar-refractivity contribution in [3.05, 3.63) is 29.7 Å². The summed E-state index contributed by atoms with van der Waals surface area (Å²) in [5.41, 5.74) is 1.19. The molecular formula is C13H16N2O2. The van der Waals surface area contributed by atoms with Crippen LogP contribution in [0.4, 0.5) is 0 Å². The number of hydrogen-bond acceptors (Lipinski definition) is 3. The van der Waals surface area contributed by atoms with E-state index in [1.54, 1.807) is 10.9 Å². The van der Waals surface area contributed by atoms with E-state index in [1.807, 2.05) is 19.1 Å². The Hall–Kier alpha value is -1.84. The second kappa shape index (κ2) is 4.57. The fourth-order valence-corrected chi connectivity index (χ4v) is 1.74. The lowest BCUT2D eigenvalue weighted by Gasteiger charge is -2.03. The molecule has 0 N–H and O–H groups in total. The van der Waals surface area contributed by atoms with E-state index in [2.05, 4.69) is 18.9 Å². The first-order valence-corrected chi connectivity index (χ1v) is 5.69. The van der Waals surface area contributed by atoms with Gasteiger partial charge < -0.3 is 4.42 Å². The van der Waals surface area contributed by atoms with E-state index in [4.69, 9.17) is 4.42 Å². The van der Waals surface area contributed by atoms with Crippen molar-refractivity contribution >= 4 is 6.29 Å². The van der Waals surface area contributed by atoms with Crippen LogP contribution >= 0.6 is 0 Å². The topological polar surface area (TPSA) is 48.0 Å². The van der Waals surface area contributed by atoms with Crippen LogP contribution in [-0.2, 0) is 6.54 Å². The van der Waals surface area contributed by atoms with Crippen molar-refractivity contribution in [3.63, 3.8) is 0 Å². The summed E-state index contributed by atoms with van der Waals surface area (Å²) in [4.78, 5) is 11.0. The maximum absolute atomic E-state index is 11.0. The predicted octanol–water partition coefficient (Wildman–Crippen LogP) is 2.92. The standard InChI is InChI=1S/C13H16N2O2/c1-9(2)6-15-7-11(8-16)13(14-15)12-5-4-10(3)17-12/h4-5,7-9H,6H2,1-3H3. The highest BCUT2D eigenvalue weighted by Gasteiger charge is 2.14. The molecule has 17 heavy (non-hydrogen) atoms. The summed E-state index contributed by atoms with van der Waals surface area (Å²) < 4.78 is 7.29. The van der Waals surface area contributed by atoms with E-state index >= 15 is 0 Å². The molecule has 4 nitrogen and oxygen atoms in total. The molecule has 0 aliphatic heterocycles. The number of aromatic nitrogens is 2. The fourth-order valence-electron chi connectivity index (χ4n) is 1.74. The summed E-state index contributed by atoms with van der Waals surface area (Å²) in [5.74, 6) is 1.95.